The predicted molar refractivity (Wildman–Crippen MR) is 43.3 cm³/mol. The maximum Gasteiger partial charge on any atom is 0.248 e. The van der Waals surface area contributed by atoms with Crippen LogP contribution in [0.2, 0.25) is 0 Å². The van der Waals surface area contributed by atoms with Crippen LogP contribution in [0.15, 0.2) is 0 Å². The van der Waals surface area contributed by atoms with Crippen molar-refractivity contribution in [2.24, 2.45) is 11.8 Å². The zero-order chi connectivity index (χ0) is 8.60. The third-order valence-electron chi connectivity index (χ3n) is 3.00. The monoisotopic (exact) mass is 175 g/mol. The Morgan fingerprint density at radius 1 is 1.25 bits per heavy atom. The minimum Gasteiger partial charge on any atom is -0.316 e. The second kappa shape index (κ2) is 2.95. The molecule has 0 spiro atoms. The Kier molecular flexibility index (Phi) is 2.07. The molecule has 3 heteroatoms. The van der Waals surface area contributed by atoms with Gasteiger partial charge in [-0.15, -0.1) is 0 Å². The van der Waals surface area contributed by atoms with E-state index in [4.69, 9.17) is 0 Å². The number of hydrogen-bond donors (Lipinski definition) is 1. The van der Waals surface area contributed by atoms with Crippen molar-refractivity contribution in [3.63, 3.8) is 0 Å². The Hall–Kier alpha value is -0.180. The van der Waals surface area contributed by atoms with E-state index >= 15 is 0 Å². The first-order valence-corrected chi connectivity index (χ1v) is 4.74. The molecule has 1 atom stereocenters. The first-order valence-electron chi connectivity index (χ1n) is 4.74. The largest absolute Gasteiger partial charge is 0.316 e. The fraction of sp³-hybridized carbons (Fsp3) is 1.00. The topological polar surface area (TPSA) is 12.0 Å². The lowest BCUT2D eigenvalue weighted by molar-refractivity contribution is -0.114. The minimum atomic E-state index is -2.32. The summed E-state index contributed by atoms with van der Waals surface area (Å²) in [6.07, 6.45) is 2.48. The van der Waals surface area contributed by atoms with Crippen LogP contribution in [0.3, 0.4) is 0 Å². The van der Waals surface area contributed by atoms with Gasteiger partial charge in [-0.25, -0.2) is 8.78 Å². The highest BCUT2D eigenvalue weighted by Crippen LogP contribution is 2.45. The van der Waals surface area contributed by atoms with Gasteiger partial charge in [0, 0.05) is 12.8 Å². The van der Waals surface area contributed by atoms with E-state index in [2.05, 4.69) is 5.32 Å². The first-order chi connectivity index (χ1) is 5.66. The lowest BCUT2D eigenvalue weighted by atomic mass is 9.76. The van der Waals surface area contributed by atoms with Gasteiger partial charge < -0.3 is 5.32 Å². The standard InChI is InChI=1S/C9H15F2N/c10-9(11)4-8(5-9)3-7-1-2-12-6-7/h7-8,12H,1-6H2. The zero-order valence-corrected chi connectivity index (χ0v) is 7.15. The molecule has 12 heavy (non-hydrogen) atoms. The van der Waals surface area contributed by atoms with Crippen LogP contribution in [0.4, 0.5) is 8.78 Å². The molecular weight excluding hydrogens is 160 g/mol. The summed E-state index contributed by atoms with van der Waals surface area (Å²) in [6.45, 7) is 2.12. The van der Waals surface area contributed by atoms with Crippen LogP contribution >= 0.6 is 0 Å². The summed E-state index contributed by atoms with van der Waals surface area (Å²) in [7, 11) is 0. The molecule has 1 saturated heterocycles. The van der Waals surface area contributed by atoms with Crippen LogP contribution in [-0.2, 0) is 0 Å². The van der Waals surface area contributed by atoms with Crippen molar-refractivity contribution in [3.05, 3.63) is 0 Å². The van der Waals surface area contributed by atoms with Gasteiger partial charge in [0.05, 0.1) is 0 Å². The summed E-state index contributed by atoms with van der Waals surface area (Å²) in [5.74, 6) is -1.34. The highest BCUT2D eigenvalue weighted by atomic mass is 19.3. The minimum absolute atomic E-state index is 0.142. The maximum absolute atomic E-state index is 12.4. The third-order valence-corrected chi connectivity index (χ3v) is 3.00. The van der Waals surface area contributed by atoms with Crippen molar-refractivity contribution in [1.29, 1.82) is 0 Å². The molecule has 0 aromatic heterocycles. The van der Waals surface area contributed by atoms with Gasteiger partial charge in [-0.1, -0.05) is 0 Å². The molecule has 0 bridgehead atoms. The zero-order valence-electron chi connectivity index (χ0n) is 7.15. The molecule has 1 aliphatic carbocycles. The maximum atomic E-state index is 12.4. The van der Waals surface area contributed by atoms with E-state index in [9.17, 15) is 8.78 Å². The van der Waals surface area contributed by atoms with Gasteiger partial charge in [0.2, 0.25) is 5.92 Å². The smallest absolute Gasteiger partial charge is 0.248 e. The van der Waals surface area contributed by atoms with Gasteiger partial charge in [0.25, 0.3) is 0 Å². The quantitative estimate of drug-likeness (QED) is 0.677. The third kappa shape index (κ3) is 1.76. The molecule has 2 fully saturated rings. The summed E-state index contributed by atoms with van der Waals surface area (Å²) >= 11 is 0. The van der Waals surface area contributed by atoms with E-state index < -0.39 is 5.92 Å². The van der Waals surface area contributed by atoms with Crippen LogP contribution in [0.1, 0.15) is 25.7 Å². The Morgan fingerprint density at radius 3 is 2.50 bits per heavy atom. The molecule has 70 valence electrons. The molecule has 2 rings (SSSR count). The van der Waals surface area contributed by atoms with E-state index in [0.29, 0.717) is 11.8 Å². The number of hydrogen-bond acceptors (Lipinski definition) is 1. The number of alkyl halides is 2. The van der Waals surface area contributed by atoms with Crippen LogP contribution in [-0.4, -0.2) is 19.0 Å². The van der Waals surface area contributed by atoms with E-state index in [-0.39, 0.29) is 12.8 Å². The number of halogens is 2. The van der Waals surface area contributed by atoms with Gasteiger partial charge in [0.15, 0.2) is 0 Å². The normalized spacial score (nSPS) is 35.0. The number of nitrogens with one attached hydrogen (secondary N) is 1. The molecule has 1 heterocycles. The van der Waals surface area contributed by atoms with E-state index in [1.54, 1.807) is 0 Å². The second-order valence-electron chi connectivity index (χ2n) is 4.22. The predicted octanol–water partition coefficient (Wildman–Crippen LogP) is 2.03. The SMILES string of the molecule is FC1(F)CC(CC2CCNC2)C1. The molecule has 1 unspecified atom stereocenters. The Labute approximate surface area is 71.5 Å². The molecule has 2 aliphatic rings. The van der Waals surface area contributed by atoms with Crippen molar-refractivity contribution in [2.45, 2.75) is 31.6 Å². The Morgan fingerprint density at radius 2 is 2.00 bits per heavy atom. The highest BCUT2D eigenvalue weighted by molar-refractivity contribution is 4.88. The summed E-state index contributed by atoms with van der Waals surface area (Å²) in [6, 6.07) is 0. The molecule has 0 aromatic carbocycles. The fourth-order valence-electron chi connectivity index (χ4n) is 2.34. The summed E-state index contributed by atoms with van der Waals surface area (Å²) in [4.78, 5) is 0. The van der Waals surface area contributed by atoms with Crippen LogP contribution < -0.4 is 5.32 Å². The Balaban J connectivity index is 1.69. The summed E-state index contributed by atoms with van der Waals surface area (Å²) in [5.41, 5.74) is 0. The molecule has 0 aromatic rings. The molecule has 1 N–H and O–H groups in total. The van der Waals surface area contributed by atoms with E-state index in [1.807, 2.05) is 0 Å². The Bertz CT molecular complexity index is 156. The lowest BCUT2D eigenvalue weighted by Crippen LogP contribution is -2.36. The van der Waals surface area contributed by atoms with Gasteiger partial charge in [0.1, 0.15) is 0 Å². The van der Waals surface area contributed by atoms with Crippen LogP contribution in [0.5, 0.6) is 0 Å². The van der Waals surface area contributed by atoms with E-state index in [0.717, 1.165) is 19.5 Å². The van der Waals surface area contributed by atoms with Crippen molar-refractivity contribution in [1.82, 2.24) is 5.32 Å². The van der Waals surface area contributed by atoms with Gasteiger partial charge in [-0.3, -0.25) is 0 Å². The van der Waals surface area contributed by atoms with Crippen molar-refractivity contribution >= 4 is 0 Å². The summed E-state index contributed by atoms with van der Waals surface area (Å²) in [5, 5.41) is 3.26. The van der Waals surface area contributed by atoms with E-state index in [1.165, 1.54) is 6.42 Å². The second-order valence-corrected chi connectivity index (χ2v) is 4.22. The highest BCUT2D eigenvalue weighted by Gasteiger charge is 2.45. The van der Waals surface area contributed by atoms with Crippen molar-refractivity contribution in [3.8, 4) is 0 Å². The van der Waals surface area contributed by atoms with Gasteiger partial charge in [-0.05, 0) is 37.8 Å². The average Bonchev–Trinajstić information content (AvgIpc) is 2.35. The molecule has 1 saturated carbocycles. The summed E-state index contributed by atoms with van der Waals surface area (Å²) < 4.78 is 24.9. The molecule has 1 aliphatic heterocycles. The van der Waals surface area contributed by atoms with Gasteiger partial charge in [-0.2, -0.15) is 0 Å². The van der Waals surface area contributed by atoms with Gasteiger partial charge >= 0.3 is 0 Å². The molecule has 1 nitrogen and oxygen atoms in total. The fourth-order valence-corrected chi connectivity index (χ4v) is 2.34. The first kappa shape index (κ1) is 8.42. The van der Waals surface area contributed by atoms with Crippen LogP contribution in [0.25, 0.3) is 0 Å². The van der Waals surface area contributed by atoms with Crippen LogP contribution in [0, 0.1) is 11.8 Å². The number of rotatable bonds is 2. The molecule has 0 radical (unpaired) electrons. The molecule has 0 amide bonds. The molecular formula is C9H15F2N. The lowest BCUT2D eigenvalue weighted by Gasteiger charge is -2.36. The average molecular weight is 175 g/mol. The van der Waals surface area contributed by atoms with Crippen molar-refractivity contribution in [2.75, 3.05) is 13.1 Å². The van der Waals surface area contributed by atoms with Crippen molar-refractivity contribution < 1.29 is 8.78 Å².